The first-order valence-electron chi connectivity index (χ1n) is 5.36. The van der Waals surface area contributed by atoms with E-state index in [0.29, 0.717) is 11.3 Å². The van der Waals surface area contributed by atoms with E-state index in [1.165, 1.54) is 20.3 Å². The van der Waals surface area contributed by atoms with Crippen LogP contribution in [-0.2, 0) is 9.53 Å². The van der Waals surface area contributed by atoms with Gasteiger partial charge in [-0.15, -0.1) is 0 Å². The van der Waals surface area contributed by atoms with E-state index < -0.39 is 18.2 Å². The smallest absolute Gasteiger partial charge is 0.308 e. The molecule has 0 aliphatic carbocycles. The average Bonchev–Trinajstić information content (AvgIpc) is 2.37. The first kappa shape index (κ1) is 14.3. The average molecular weight is 255 g/mol. The predicted octanol–water partition coefficient (Wildman–Crippen LogP) is 0.235. The van der Waals surface area contributed by atoms with Gasteiger partial charge in [0.05, 0.1) is 26.7 Å². The van der Waals surface area contributed by atoms with Gasteiger partial charge in [-0.1, -0.05) is 6.07 Å². The second-order valence-electron chi connectivity index (χ2n) is 3.79. The summed E-state index contributed by atoms with van der Waals surface area (Å²) in [4.78, 5) is 11.0. The van der Waals surface area contributed by atoms with Crippen LogP contribution in [0, 0.1) is 0 Å². The van der Waals surface area contributed by atoms with Gasteiger partial charge in [0, 0.05) is 17.3 Å². The Morgan fingerprint density at radius 1 is 1.39 bits per heavy atom. The highest BCUT2D eigenvalue weighted by molar-refractivity contribution is 5.70. The van der Waals surface area contributed by atoms with Crippen molar-refractivity contribution >= 4 is 11.7 Å². The van der Waals surface area contributed by atoms with Gasteiger partial charge >= 0.3 is 5.97 Å². The molecule has 1 aromatic rings. The van der Waals surface area contributed by atoms with E-state index in [4.69, 9.17) is 10.5 Å². The topological polar surface area (TPSA) is 102 Å². The van der Waals surface area contributed by atoms with Gasteiger partial charge in [-0.05, 0) is 6.07 Å². The summed E-state index contributed by atoms with van der Waals surface area (Å²) in [7, 11) is 2.71. The summed E-state index contributed by atoms with van der Waals surface area (Å²) in [6.07, 6.45) is -2.83. The zero-order valence-corrected chi connectivity index (χ0v) is 10.3. The van der Waals surface area contributed by atoms with Crippen LogP contribution in [0.15, 0.2) is 18.2 Å². The number of hydrogen-bond acceptors (Lipinski definition) is 6. The van der Waals surface area contributed by atoms with E-state index >= 15 is 0 Å². The van der Waals surface area contributed by atoms with Gasteiger partial charge in [0.25, 0.3) is 0 Å². The quantitative estimate of drug-likeness (QED) is 0.514. The van der Waals surface area contributed by atoms with Gasteiger partial charge in [-0.25, -0.2) is 0 Å². The Morgan fingerprint density at radius 3 is 2.56 bits per heavy atom. The Balaban J connectivity index is 2.83. The molecule has 6 nitrogen and oxygen atoms in total. The number of esters is 1. The Hall–Kier alpha value is -1.79. The molecule has 4 N–H and O–H groups in total. The van der Waals surface area contributed by atoms with Gasteiger partial charge in [0.1, 0.15) is 11.9 Å². The lowest BCUT2D eigenvalue weighted by Gasteiger charge is -2.19. The highest BCUT2D eigenvalue weighted by Gasteiger charge is 2.23. The third kappa shape index (κ3) is 3.35. The minimum absolute atomic E-state index is 0.283. The minimum atomic E-state index is -1.27. The van der Waals surface area contributed by atoms with Gasteiger partial charge in [0.2, 0.25) is 0 Å². The molecule has 0 radical (unpaired) electrons. The molecule has 2 unspecified atom stereocenters. The normalized spacial score (nSPS) is 13.8. The number of aliphatic hydroxyl groups is 2. The molecule has 1 rings (SSSR count). The molecule has 2 atom stereocenters. The number of carbonyl (C=O) groups excluding carboxylic acids is 1. The van der Waals surface area contributed by atoms with Crippen molar-refractivity contribution in [3.8, 4) is 5.75 Å². The summed E-state index contributed by atoms with van der Waals surface area (Å²) < 4.78 is 9.39. The Labute approximate surface area is 105 Å². The predicted molar refractivity (Wildman–Crippen MR) is 65.0 cm³/mol. The Morgan fingerprint density at radius 2 is 2.06 bits per heavy atom. The maximum atomic E-state index is 11.0. The van der Waals surface area contributed by atoms with Crippen LogP contribution in [0.25, 0.3) is 0 Å². The molecule has 0 aromatic heterocycles. The number of anilines is 1. The second-order valence-corrected chi connectivity index (χ2v) is 3.79. The molecule has 0 spiro atoms. The summed E-state index contributed by atoms with van der Waals surface area (Å²) in [5.41, 5.74) is 6.35. The molecule has 0 heterocycles. The van der Waals surface area contributed by atoms with Crippen molar-refractivity contribution in [2.75, 3.05) is 20.0 Å². The third-order valence-electron chi connectivity index (χ3n) is 2.58. The van der Waals surface area contributed by atoms with E-state index in [0.717, 1.165) is 0 Å². The zero-order valence-electron chi connectivity index (χ0n) is 10.3. The van der Waals surface area contributed by atoms with Crippen molar-refractivity contribution in [2.45, 2.75) is 18.6 Å². The standard InChI is InChI=1S/C12H17NO5/c1-17-7-3-4-8(9(13)5-7)12(16)10(14)6-11(15)18-2/h3-5,10,12,14,16H,6,13H2,1-2H3. The molecule has 0 aliphatic heterocycles. The van der Waals surface area contributed by atoms with Gasteiger partial charge in [-0.2, -0.15) is 0 Å². The summed E-state index contributed by atoms with van der Waals surface area (Å²) in [6.45, 7) is 0. The van der Waals surface area contributed by atoms with E-state index in [1.54, 1.807) is 12.1 Å². The molecule has 1 aromatic carbocycles. The number of nitrogens with two attached hydrogens (primary N) is 1. The van der Waals surface area contributed by atoms with Crippen molar-refractivity contribution < 1.29 is 24.5 Å². The lowest BCUT2D eigenvalue weighted by atomic mass is 10.0. The fraction of sp³-hybridized carbons (Fsp3) is 0.417. The molecular weight excluding hydrogens is 238 g/mol. The monoisotopic (exact) mass is 255 g/mol. The molecule has 6 heteroatoms. The molecule has 0 saturated carbocycles. The van der Waals surface area contributed by atoms with Crippen molar-refractivity contribution in [1.82, 2.24) is 0 Å². The number of aliphatic hydroxyl groups excluding tert-OH is 2. The van der Waals surface area contributed by atoms with Crippen molar-refractivity contribution in [3.05, 3.63) is 23.8 Å². The van der Waals surface area contributed by atoms with E-state index in [2.05, 4.69) is 4.74 Å². The first-order chi connectivity index (χ1) is 8.49. The van der Waals surface area contributed by atoms with Gasteiger partial charge < -0.3 is 25.4 Å². The molecule has 0 aliphatic rings. The van der Waals surface area contributed by atoms with Crippen LogP contribution < -0.4 is 10.5 Å². The van der Waals surface area contributed by atoms with E-state index in [-0.39, 0.29) is 12.1 Å². The largest absolute Gasteiger partial charge is 0.497 e. The molecule has 0 amide bonds. The first-order valence-corrected chi connectivity index (χ1v) is 5.36. The van der Waals surface area contributed by atoms with Crippen LogP contribution in [0.5, 0.6) is 5.75 Å². The molecule has 100 valence electrons. The number of hydrogen-bond donors (Lipinski definition) is 3. The second kappa shape index (κ2) is 6.23. The number of ether oxygens (including phenoxy) is 2. The molecule has 0 bridgehead atoms. The highest BCUT2D eigenvalue weighted by Crippen LogP contribution is 2.28. The lowest BCUT2D eigenvalue weighted by molar-refractivity contribution is -0.144. The molecule has 0 saturated heterocycles. The lowest BCUT2D eigenvalue weighted by Crippen LogP contribution is -2.23. The van der Waals surface area contributed by atoms with Crippen LogP contribution >= 0.6 is 0 Å². The SMILES string of the molecule is COC(=O)CC(O)C(O)c1ccc(OC)cc1N. The highest BCUT2D eigenvalue weighted by atomic mass is 16.5. The minimum Gasteiger partial charge on any atom is -0.497 e. The van der Waals surface area contributed by atoms with Gasteiger partial charge in [-0.3, -0.25) is 4.79 Å². The number of benzene rings is 1. The van der Waals surface area contributed by atoms with Crippen LogP contribution in [0.2, 0.25) is 0 Å². The van der Waals surface area contributed by atoms with Crippen LogP contribution in [0.4, 0.5) is 5.69 Å². The van der Waals surface area contributed by atoms with Crippen molar-refractivity contribution in [3.63, 3.8) is 0 Å². The van der Waals surface area contributed by atoms with Gasteiger partial charge in [0.15, 0.2) is 0 Å². The van der Waals surface area contributed by atoms with Crippen LogP contribution in [0.1, 0.15) is 18.1 Å². The summed E-state index contributed by atoms with van der Waals surface area (Å²) in [5, 5.41) is 19.6. The Kier molecular flexibility index (Phi) is 4.94. The Bertz CT molecular complexity index is 421. The number of methoxy groups -OCH3 is 2. The maximum Gasteiger partial charge on any atom is 0.308 e. The third-order valence-corrected chi connectivity index (χ3v) is 2.58. The van der Waals surface area contributed by atoms with E-state index in [1.807, 2.05) is 0 Å². The van der Waals surface area contributed by atoms with Crippen LogP contribution in [-0.4, -0.2) is 36.5 Å². The number of rotatable bonds is 5. The number of nitrogen functional groups attached to an aromatic ring is 1. The van der Waals surface area contributed by atoms with E-state index in [9.17, 15) is 15.0 Å². The van der Waals surface area contributed by atoms with Crippen molar-refractivity contribution in [1.29, 1.82) is 0 Å². The molecule has 0 fully saturated rings. The summed E-state index contributed by atoms with van der Waals surface area (Å²) in [5.74, 6) is -0.0560. The summed E-state index contributed by atoms with van der Waals surface area (Å²) >= 11 is 0. The zero-order chi connectivity index (χ0) is 13.7. The fourth-order valence-corrected chi connectivity index (χ4v) is 1.52. The molecular formula is C12H17NO5. The van der Waals surface area contributed by atoms with Crippen molar-refractivity contribution in [2.24, 2.45) is 0 Å². The fourth-order valence-electron chi connectivity index (χ4n) is 1.52. The maximum absolute atomic E-state index is 11.0. The molecule has 18 heavy (non-hydrogen) atoms. The number of carbonyl (C=O) groups is 1. The van der Waals surface area contributed by atoms with Crippen LogP contribution in [0.3, 0.4) is 0 Å². The summed E-state index contributed by atoms with van der Waals surface area (Å²) in [6, 6.07) is 4.68.